The van der Waals surface area contributed by atoms with Gasteiger partial charge in [-0.3, -0.25) is 4.98 Å². The average Bonchev–Trinajstić information content (AvgIpc) is 2.28. The van der Waals surface area contributed by atoms with E-state index in [1.807, 2.05) is 31.0 Å². The summed E-state index contributed by atoms with van der Waals surface area (Å²) in [5.74, 6) is 2.56. The molecule has 0 amide bonds. The summed E-state index contributed by atoms with van der Waals surface area (Å²) in [6, 6.07) is 3.75. The number of anilines is 1. The van der Waals surface area contributed by atoms with E-state index in [0.717, 1.165) is 5.69 Å². The summed E-state index contributed by atoms with van der Waals surface area (Å²) in [6.45, 7) is 2.47. The van der Waals surface area contributed by atoms with Crippen LogP contribution in [0.15, 0.2) is 18.3 Å². The smallest absolute Gasteiger partial charge is 0.0957 e. The Morgan fingerprint density at radius 1 is 1.60 bits per heavy atom. The standard InChI is InChI=1S/C12H16N2O/c1-4-8-14(3)10-6-7-11(13-9-10)12(15)5-2/h1,6-7,9,12,15H,5,8H2,2-3H3/t12-/m1/s1. The molecule has 80 valence electrons. The predicted molar refractivity (Wildman–Crippen MR) is 61.6 cm³/mol. The molecule has 0 aliphatic rings. The molecule has 0 saturated carbocycles. The molecule has 1 N–H and O–H groups in total. The highest BCUT2D eigenvalue weighted by molar-refractivity contribution is 5.44. The Morgan fingerprint density at radius 2 is 2.33 bits per heavy atom. The first kappa shape index (κ1) is 11.5. The normalized spacial score (nSPS) is 11.9. The molecule has 3 heteroatoms. The zero-order valence-electron chi connectivity index (χ0n) is 9.14. The van der Waals surface area contributed by atoms with E-state index < -0.39 is 6.10 Å². The number of aliphatic hydroxyl groups is 1. The second-order valence-electron chi connectivity index (χ2n) is 3.43. The summed E-state index contributed by atoms with van der Waals surface area (Å²) in [4.78, 5) is 6.12. The van der Waals surface area contributed by atoms with Crippen molar-refractivity contribution in [2.45, 2.75) is 19.4 Å². The molecule has 1 rings (SSSR count). The fourth-order valence-corrected chi connectivity index (χ4v) is 1.26. The van der Waals surface area contributed by atoms with Gasteiger partial charge in [0.25, 0.3) is 0 Å². The van der Waals surface area contributed by atoms with Gasteiger partial charge in [-0.25, -0.2) is 0 Å². The van der Waals surface area contributed by atoms with Crippen LogP contribution in [-0.2, 0) is 0 Å². The topological polar surface area (TPSA) is 36.4 Å². The van der Waals surface area contributed by atoms with Gasteiger partial charge in [0.1, 0.15) is 0 Å². The van der Waals surface area contributed by atoms with Crippen LogP contribution < -0.4 is 4.90 Å². The molecule has 3 nitrogen and oxygen atoms in total. The SMILES string of the molecule is C#CCN(C)c1ccc([C@H](O)CC)nc1. The molecule has 1 atom stereocenters. The molecule has 0 unspecified atom stereocenters. The second kappa shape index (κ2) is 5.38. The van der Waals surface area contributed by atoms with Gasteiger partial charge >= 0.3 is 0 Å². The summed E-state index contributed by atoms with van der Waals surface area (Å²) < 4.78 is 0. The van der Waals surface area contributed by atoms with Gasteiger partial charge in [-0.2, -0.15) is 0 Å². The minimum atomic E-state index is -0.475. The fourth-order valence-electron chi connectivity index (χ4n) is 1.26. The molecule has 15 heavy (non-hydrogen) atoms. The van der Waals surface area contributed by atoms with E-state index >= 15 is 0 Å². The maximum atomic E-state index is 9.55. The van der Waals surface area contributed by atoms with E-state index in [9.17, 15) is 5.11 Å². The highest BCUT2D eigenvalue weighted by Crippen LogP contribution is 2.17. The number of nitrogens with zero attached hydrogens (tertiary/aromatic N) is 2. The second-order valence-corrected chi connectivity index (χ2v) is 3.43. The largest absolute Gasteiger partial charge is 0.387 e. The number of terminal acetylenes is 1. The molecule has 0 fully saturated rings. The zero-order chi connectivity index (χ0) is 11.3. The van der Waals surface area contributed by atoms with E-state index in [2.05, 4.69) is 10.9 Å². The van der Waals surface area contributed by atoms with Crippen molar-refractivity contribution in [1.29, 1.82) is 0 Å². The Bertz CT molecular complexity index is 340. The fraction of sp³-hybridized carbons (Fsp3) is 0.417. The lowest BCUT2D eigenvalue weighted by molar-refractivity contribution is 0.169. The number of rotatable bonds is 4. The predicted octanol–water partition coefficient (Wildman–Crippen LogP) is 1.59. The van der Waals surface area contributed by atoms with Gasteiger partial charge in [-0.05, 0) is 18.6 Å². The van der Waals surface area contributed by atoms with E-state index in [0.29, 0.717) is 18.7 Å². The Balaban J connectivity index is 2.77. The van der Waals surface area contributed by atoms with Gasteiger partial charge in [0.15, 0.2) is 0 Å². The van der Waals surface area contributed by atoms with Gasteiger partial charge < -0.3 is 10.0 Å². The van der Waals surface area contributed by atoms with E-state index in [1.54, 1.807) is 6.20 Å². The van der Waals surface area contributed by atoms with Crippen LogP contribution in [0.4, 0.5) is 5.69 Å². The van der Waals surface area contributed by atoms with E-state index in [4.69, 9.17) is 6.42 Å². The van der Waals surface area contributed by atoms with Gasteiger partial charge in [0.05, 0.1) is 30.2 Å². The molecule has 0 spiro atoms. The first-order valence-corrected chi connectivity index (χ1v) is 4.97. The molecule has 1 heterocycles. The molecular weight excluding hydrogens is 188 g/mol. The third-order valence-corrected chi connectivity index (χ3v) is 2.27. The summed E-state index contributed by atoms with van der Waals surface area (Å²) in [5.41, 5.74) is 1.66. The van der Waals surface area contributed by atoms with Crippen molar-refractivity contribution < 1.29 is 5.11 Å². The minimum Gasteiger partial charge on any atom is -0.387 e. The lowest BCUT2D eigenvalue weighted by Crippen LogP contribution is -2.17. The molecule has 0 bridgehead atoms. The molecule has 0 aliphatic heterocycles. The highest BCUT2D eigenvalue weighted by Gasteiger charge is 2.06. The average molecular weight is 204 g/mol. The number of hydrogen-bond acceptors (Lipinski definition) is 3. The third kappa shape index (κ3) is 2.97. The first-order valence-electron chi connectivity index (χ1n) is 4.97. The Hall–Kier alpha value is -1.53. The monoisotopic (exact) mass is 204 g/mol. The summed E-state index contributed by atoms with van der Waals surface area (Å²) in [5, 5.41) is 9.55. The van der Waals surface area contributed by atoms with Crippen LogP contribution in [-0.4, -0.2) is 23.7 Å². The lowest BCUT2D eigenvalue weighted by atomic mass is 10.2. The molecule has 1 aromatic heterocycles. The summed E-state index contributed by atoms with van der Waals surface area (Å²) in [7, 11) is 1.91. The van der Waals surface area contributed by atoms with Crippen molar-refractivity contribution in [2.24, 2.45) is 0 Å². The highest BCUT2D eigenvalue weighted by atomic mass is 16.3. The molecule has 0 aromatic carbocycles. The Kier molecular flexibility index (Phi) is 4.14. The van der Waals surface area contributed by atoms with Gasteiger partial charge in [-0.1, -0.05) is 12.8 Å². The van der Waals surface area contributed by atoms with Crippen molar-refractivity contribution in [2.75, 3.05) is 18.5 Å². The molecule has 1 aromatic rings. The van der Waals surface area contributed by atoms with Crippen molar-refractivity contribution in [3.63, 3.8) is 0 Å². The van der Waals surface area contributed by atoms with Crippen molar-refractivity contribution in [3.8, 4) is 12.3 Å². The molecule has 0 aliphatic carbocycles. The van der Waals surface area contributed by atoms with Crippen LogP contribution >= 0.6 is 0 Å². The van der Waals surface area contributed by atoms with Crippen LogP contribution in [0.1, 0.15) is 25.1 Å². The van der Waals surface area contributed by atoms with Gasteiger partial charge in [0.2, 0.25) is 0 Å². The summed E-state index contributed by atoms with van der Waals surface area (Å²) >= 11 is 0. The maximum absolute atomic E-state index is 9.55. The van der Waals surface area contributed by atoms with Crippen LogP contribution in [0.25, 0.3) is 0 Å². The van der Waals surface area contributed by atoms with Crippen molar-refractivity contribution >= 4 is 5.69 Å². The molecule has 0 saturated heterocycles. The third-order valence-electron chi connectivity index (χ3n) is 2.27. The number of aromatic nitrogens is 1. The molecular formula is C12H16N2O. The minimum absolute atomic E-state index is 0.475. The van der Waals surface area contributed by atoms with Gasteiger partial charge in [0, 0.05) is 7.05 Å². The van der Waals surface area contributed by atoms with Crippen LogP contribution in [0.5, 0.6) is 0 Å². The Morgan fingerprint density at radius 3 is 2.80 bits per heavy atom. The zero-order valence-corrected chi connectivity index (χ0v) is 9.14. The van der Waals surface area contributed by atoms with Crippen LogP contribution in [0, 0.1) is 12.3 Å². The quantitative estimate of drug-likeness (QED) is 0.757. The lowest BCUT2D eigenvalue weighted by Gasteiger charge is -2.16. The molecule has 0 radical (unpaired) electrons. The Labute approximate surface area is 90.8 Å². The maximum Gasteiger partial charge on any atom is 0.0957 e. The van der Waals surface area contributed by atoms with Gasteiger partial charge in [-0.15, -0.1) is 6.42 Å². The summed E-state index contributed by atoms with van der Waals surface area (Å²) in [6.07, 6.45) is 7.14. The number of aliphatic hydroxyl groups excluding tert-OH is 1. The number of hydrogen-bond donors (Lipinski definition) is 1. The van der Waals surface area contributed by atoms with E-state index in [1.165, 1.54) is 0 Å². The van der Waals surface area contributed by atoms with E-state index in [-0.39, 0.29) is 0 Å². The number of pyridine rings is 1. The van der Waals surface area contributed by atoms with Crippen molar-refractivity contribution in [3.05, 3.63) is 24.0 Å². The van der Waals surface area contributed by atoms with Crippen LogP contribution in [0.2, 0.25) is 0 Å². The first-order chi connectivity index (χ1) is 7.19. The van der Waals surface area contributed by atoms with Crippen LogP contribution in [0.3, 0.4) is 0 Å². The van der Waals surface area contributed by atoms with Crippen molar-refractivity contribution in [1.82, 2.24) is 4.98 Å².